The van der Waals surface area contributed by atoms with E-state index in [1.165, 1.54) is 24.3 Å². The number of nitrogens with zero attached hydrogens (tertiary/aromatic N) is 3. The topological polar surface area (TPSA) is 113 Å². The number of benzene rings is 2. The molecule has 2 N–H and O–H groups in total. The number of amides is 2. The first-order chi connectivity index (χ1) is 18.0. The molecular formula is C27H22FN5O4. The maximum absolute atomic E-state index is 14.6. The second-order valence-corrected chi connectivity index (χ2v) is 8.78. The van der Waals surface area contributed by atoms with E-state index < -0.39 is 11.9 Å². The van der Waals surface area contributed by atoms with Crippen molar-refractivity contribution in [2.75, 3.05) is 7.05 Å². The van der Waals surface area contributed by atoms with Gasteiger partial charge in [0.1, 0.15) is 24.2 Å². The summed E-state index contributed by atoms with van der Waals surface area (Å²) >= 11 is 0. The van der Waals surface area contributed by atoms with Crippen molar-refractivity contribution in [3.8, 4) is 5.75 Å². The number of hydrogen-bond acceptors (Lipinski definition) is 6. The Labute approximate surface area is 210 Å². The zero-order valence-corrected chi connectivity index (χ0v) is 19.8. The van der Waals surface area contributed by atoms with Gasteiger partial charge in [-0.25, -0.2) is 4.39 Å². The molecule has 0 saturated carbocycles. The molecular weight excluding hydrogens is 477 g/mol. The molecule has 0 saturated heterocycles. The van der Waals surface area contributed by atoms with E-state index in [9.17, 15) is 14.0 Å². The summed E-state index contributed by atoms with van der Waals surface area (Å²) in [7, 11) is 1.51. The molecule has 1 aliphatic heterocycles. The van der Waals surface area contributed by atoms with Crippen LogP contribution in [0.25, 0.3) is 21.9 Å². The highest BCUT2D eigenvalue weighted by Crippen LogP contribution is 2.33. The summed E-state index contributed by atoms with van der Waals surface area (Å²) in [6, 6.07) is 11.0. The van der Waals surface area contributed by atoms with Crippen LogP contribution in [0, 0.1) is 5.82 Å². The van der Waals surface area contributed by atoms with Gasteiger partial charge < -0.3 is 24.4 Å². The Hall–Kier alpha value is -4.73. The lowest BCUT2D eigenvalue weighted by molar-refractivity contribution is -0.125. The first-order valence-electron chi connectivity index (χ1n) is 11.7. The van der Waals surface area contributed by atoms with Crippen molar-refractivity contribution < 1.29 is 23.1 Å². The zero-order valence-electron chi connectivity index (χ0n) is 19.8. The molecule has 0 fully saturated rings. The molecule has 3 aromatic heterocycles. The van der Waals surface area contributed by atoms with Gasteiger partial charge in [0.2, 0.25) is 5.91 Å². The minimum atomic E-state index is -0.832. The van der Waals surface area contributed by atoms with Crippen LogP contribution in [-0.4, -0.2) is 44.8 Å². The molecule has 4 heterocycles. The van der Waals surface area contributed by atoms with Crippen molar-refractivity contribution in [2.45, 2.75) is 25.6 Å². The average Bonchev–Trinajstić information content (AvgIpc) is 3.55. The lowest BCUT2D eigenvalue weighted by Gasteiger charge is -2.34. The molecule has 0 radical (unpaired) electrons. The van der Waals surface area contributed by atoms with E-state index in [-0.39, 0.29) is 37.1 Å². The van der Waals surface area contributed by atoms with Crippen molar-refractivity contribution in [3.63, 3.8) is 0 Å². The van der Waals surface area contributed by atoms with Gasteiger partial charge in [0, 0.05) is 54.1 Å². The van der Waals surface area contributed by atoms with Crippen LogP contribution in [0.15, 0.2) is 65.5 Å². The van der Waals surface area contributed by atoms with E-state index in [0.717, 1.165) is 5.52 Å². The number of carbonyl (C=O) groups is 2. The third-order valence-electron chi connectivity index (χ3n) is 6.65. The highest BCUT2D eigenvalue weighted by atomic mass is 19.1. The van der Waals surface area contributed by atoms with Gasteiger partial charge >= 0.3 is 0 Å². The summed E-state index contributed by atoms with van der Waals surface area (Å²) in [6.07, 6.45) is 4.81. The quantitative estimate of drug-likeness (QED) is 0.381. The van der Waals surface area contributed by atoms with Crippen molar-refractivity contribution in [3.05, 3.63) is 89.5 Å². The molecule has 186 valence electrons. The molecule has 6 rings (SSSR count). The van der Waals surface area contributed by atoms with Crippen molar-refractivity contribution in [1.82, 2.24) is 25.2 Å². The lowest BCUT2D eigenvalue weighted by atomic mass is 9.95. The summed E-state index contributed by atoms with van der Waals surface area (Å²) in [5, 5.41) is 3.07. The van der Waals surface area contributed by atoms with Crippen molar-refractivity contribution >= 4 is 33.8 Å². The first kappa shape index (κ1) is 22.7. The Morgan fingerprint density at radius 1 is 1.19 bits per heavy atom. The third kappa shape index (κ3) is 3.96. The predicted molar refractivity (Wildman–Crippen MR) is 132 cm³/mol. The van der Waals surface area contributed by atoms with Gasteiger partial charge in [0.05, 0.1) is 23.8 Å². The Kier molecular flexibility index (Phi) is 5.56. The van der Waals surface area contributed by atoms with E-state index in [1.807, 2.05) is 6.07 Å². The normalized spacial score (nSPS) is 15.1. The van der Waals surface area contributed by atoms with Gasteiger partial charge in [-0.15, -0.1) is 0 Å². The second kappa shape index (κ2) is 9.05. The fraction of sp³-hybridized carbons (Fsp3) is 0.185. The van der Waals surface area contributed by atoms with Crippen LogP contribution in [0.4, 0.5) is 4.39 Å². The van der Waals surface area contributed by atoms with Crippen LogP contribution >= 0.6 is 0 Å². The Bertz CT molecular complexity index is 1660. The fourth-order valence-corrected chi connectivity index (χ4v) is 4.84. The molecule has 10 heteroatoms. The summed E-state index contributed by atoms with van der Waals surface area (Å²) in [5.41, 5.74) is 3.99. The van der Waals surface area contributed by atoms with E-state index in [1.54, 1.807) is 42.7 Å². The Balaban J connectivity index is 1.28. The predicted octanol–water partition coefficient (Wildman–Crippen LogP) is 3.74. The number of nitrogens with one attached hydrogen (secondary N) is 2. The number of rotatable bonds is 5. The average molecular weight is 500 g/mol. The number of H-pyrrole nitrogens is 1. The molecule has 5 aromatic rings. The zero-order chi connectivity index (χ0) is 25.5. The van der Waals surface area contributed by atoms with Gasteiger partial charge in [-0.3, -0.25) is 19.6 Å². The maximum atomic E-state index is 14.6. The fourth-order valence-electron chi connectivity index (χ4n) is 4.84. The monoisotopic (exact) mass is 499 g/mol. The van der Waals surface area contributed by atoms with E-state index in [4.69, 9.17) is 9.15 Å². The molecule has 0 unspecified atom stereocenters. The third-order valence-corrected chi connectivity index (χ3v) is 6.65. The molecule has 37 heavy (non-hydrogen) atoms. The van der Waals surface area contributed by atoms with E-state index in [2.05, 4.69) is 20.3 Å². The number of likely N-dealkylation sites (N-methyl/N-ethyl adjacent to an activating group) is 1. The summed E-state index contributed by atoms with van der Waals surface area (Å²) in [6.45, 7) is 0.176. The number of ether oxygens (including phenoxy) is 1. The van der Waals surface area contributed by atoms with Crippen LogP contribution in [0.5, 0.6) is 5.75 Å². The van der Waals surface area contributed by atoms with Crippen molar-refractivity contribution in [1.29, 1.82) is 0 Å². The van der Waals surface area contributed by atoms with Crippen LogP contribution in [0.1, 0.15) is 27.4 Å². The first-order valence-corrected chi connectivity index (χ1v) is 11.7. The smallest absolute Gasteiger partial charge is 0.291 e. The van der Waals surface area contributed by atoms with Gasteiger partial charge in [-0.2, -0.15) is 0 Å². The number of furan rings is 1. The van der Waals surface area contributed by atoms with Gasteiger partial charge in [-0.1, -0.05) is 6.07 Å². The Morgan fingerprint density at radius 2 is 2.03 bits per heavy atom. The standard InChI is InChI=1S/C27H22FN5O4/c1-29-26(34)23-12-17-22(32-20-4-2-3-18(28)24(17)20)13-33(23)27(35)25-15(7-10-36-25)14-37-16-5-6-19-21(11-16)31-9-8-30-19/h2-11,23,32H,12-14H2,1H3,(H,29,34)/t23-/m1/s1. The molecule has 1 aliphatic rings. The molecule has 1 atom stereocenters. The minimum Gasteiger partial charge on any atom is -0.489 e. The number of carbonyl (C=O) groups excluding carboxylic acids is 2. The number of fused-ring (bicyclic) bond motifs is 4. The SMILES string of the molecule is CNC(=O)[C@H]1Cc2c([nH]c3cccc(F)c23)CN1C(=O)c1occc1COc1ccc2nccnc2c1. The number of aromatic nitrogens is 3. The summed E-state index contributed by atoms with van der Waals surface area (Å²) in [4.78, 5) is 39.7. The van der Waals surface area contributed by atoms with Crippen molar-refractivity contribution in [2.24, 2.45) is 0 Å². The number of aromatic amines is 1. The highest BCUT2D eigenvalue weighted by molar-refractivity contribution is 5.98. The summed E-state index contributed by atoms with van der Waals surface area (Å²) in [5.74, 6) is -0.507. The lowest BCUT2D eigenvalue weighted by Crippen LogP contribution is -2.52. The van der Waals surface area contributed by atoms with Gasteiger partial charge in [0.15, 0.2) is 5.76 Å². The van der Waals surface area contributed by atoms with E-state index >= 15 is 0 Å². The van der Waals surface area contributed by atoms with Crippen LogP contribution in [0.3, 0.4) is 0 Å². The summed E-state index contributed by atoms with van der Waals surface area (Å²) < 4.78 is 26.1. The molecule has 0 spiro atoms. The highest BCUT2D eigenvalue weighted by Gasteiger charge is 2.38. The molecule has 2 amide bonds. The molecule has 0 bridgehead atoms. The number of halogens is 1. The van der Waals surface area contributed by atoms with Crippen LogP contribution in [0.2, 0.25) is 0 Å². The molecule has 9 nitrogen and oxygen atoms in total. The molecule has 0 aliphatic carbocycles. The minimum absolute atomic E-state index is 0.0741. The van der Waals surface area contributed by atoms with E-state index in [0.29, 0.717) is 39.0 Å². The van der Waals surface area contributed by atoms with Gasteiger partial charge in [-0.05, 0) is 35.9 Å². The molecule has 2 aromatic carbocycles. The van der Waals surface area contributed by atoms with Crippen LogP contribution in [-0.2, 0) is 24.4 Å². The second-order valence-electron chi connectivity index (χ2n) is 8.78. The Morgan fingerprint density at radius 3 is 2.86 bits per heavy atom. The maximum Gasteiger partial charge on any atom is 0.291 e. The van der Waals surface area contributed by atoms with Crippen LogP contribution < -0.4 is 10.1 Å². The largest absolute Gasteiger partial charge is 0.489 e. The van der Waals surface area contributed by atoms with Gasteiger partial charge in [0.25, 0.3) is 5.91 Å². The number of hydrogen-bond donors (Lipinski definition) is 2.